The Morgan fingerprint density at radius 3 is 2.71 bits per heavy atom. The highest BCUT2D eigenvalue weighted by molar-refractivity contribution is 5.92. The number of aromatic nitrogens is 1. The number of anilines is 1. The minimum absolute atomic E-state index is 0.0874. The van der Waals surface area contributed by atoms with Gasteiger partial charge in [-0.05, 0) is 19.1 Å². The second kappa shape index (κ2) is 6.20. The lowest BCUT2D eigenvalue weighted by Gasteiger charge is -2.22. The number of amides is 1. The Bertz CT molecular complexity index is 379. The van der Waals surface area contributed by atoms with Crippen LogP contribution in [0, 0.1) is 0 Å². The van der Waals surface area contributed by atoms with Gasteiger partial charge in [-0.1, -0.05) is 0 Å². The van der Waals surface area contributed by atoms with Crippen molar-refractivity contribution in [3.05, 3.63) is 24.0 Å². The van der Waals surface area contributed by atoms with Gasteiger partial charge in [-0.25, -0.2) is 0 Å². The Hall–Kier alpha value is -1.62. The molecule has 17 heavy (non-hydrogen) atoms. The predicted octanol–water partition coefficient (Wildman–Crippen LogP) is 0.568. The molecule has 0 aliphatic rings. The largest absolute Gasteiger partial charge is 0.370 e. The molecule has 0 aliphatic heterocycles. The molecule has 0 aliphatic carbocycles. The standard InChI is InChI=1S/C12H20N4O/c1-4-16(8-6-13)10-5-7-14-11(9-10)12(17)15(2)3/h5,7,9H,4,6,8,13H2,1-3H3. The zero-order valence-electron chi connectivity index (χ0n) is 10.7. The van der Waals surface area contributed by atoms with E-state index < -0.39 is 0 Å². The highest BCUT2D eigenvalue weighted by Crippen LogP contribution is 2.14. The molecule has 0 spiro atoms. The SMILES string of the molecule is CCN(CCN)c1ccnc(C(=O)N(C)C)c1. The summed E-state index contributed by atoms with van der Waals surface area (Å²) in [6.45, 7) is 4.28. The maximum absolute atomic E-state index is 11.8. The lowest BCUT2D eigenvalue weighted by molar-refractivity contribution is 0.0822. The molecule has 0 radical (unpaired) electrons. The first-order chi connectivity index (χ1) is 8.10. The van der Waals surface area contributed by atoms with Crippen LogP contribution in [0.15, 0.2) is 18.3 Å². The molecule has 2 N–H and O–H groups in total. The van der Waals surface area contributed by atoms with Gasteiger partial charge >= 0.3 is 0 Å². The number of pyridine rings is 1. The summed E-state index contributed by atoms with van der Waals surface area (Å²) in [6.07, 6.45) is 1.66. The summed E-state index contributed by atoms with van der Waals surface area (Å²) in [6, 6.07) is 3.70. The fraction of sp³-hybridized carbons (Fsp3) is 0.500. The average Bonchev–Trinajstić information content (AvgIpc) is 2.35. The molecule has 1 aromatic rings. The quantitative estimate of drug-likeness (QED) is 0.812. The molecular weight excluding hydrogens is 216 g/mol. The smallest absolute Gasteiger partial charge is 0.272 e. The van der Waals surface area contributed by atoms with E-state index in [4.69, 9.17) is 5.73 Å². The Kier molecular flexibility index (Phi) is 4.90. The lowest BCUT2D eigenvalue weighted by Crippen LogP contribution is -2.29. The van der Waals surface area contributed by atoms with E-state index in [9.17, 15) is 4.79 Å². The van der Waals surface area contributed by atoms with E-state index in [-0.39, 0.29) is 5.91 Å². The van der Waals surface area contributed by atoms with E-state index in [1.165, 1.54) is 4.90 Å². The number of carbonyl (C=O) groups is 1. The highest BCUT2D eigenvalue weighted by atomic mass is 16.2. The van der Waals surface area contributed by atoms with Gasteiger partial charge in [-0.15, -0.1) is 0 Å². The molecule has 5 nitrogen and oxygen atoms in total. The molecular formula is C12H20N4O. The summed E-state index contributed by atoms with van der Waals surface area (Å²) < 4.78 is 0. The van der Waals surface area contributed by atoms with Gasteiger partial charge in [-0.2, -0.15) is 0 Å². The number of nitrogens with two attached hydrogens (primary N) is 1. The first kappa shape index (κ1) is 13.4. The van der Waals surface area contributed by atoms with Crippen LogP contribution in [-0.4, -0.2) is 49.5 Å². The summed E-state index contributed by atoms with van der Waals surface area (Å²) in [5, 5.41) is 0. The molecule has 0 saturated heterocycles. The lowest BCUT2D eigenvalue weighted by atomic mass is 10.2. The van der Waals surface area contributed by atoms with Crippen molar-refractivity contribution >= 4 is 11.6 Å². The van der Waals surface area contributed by atoms with Gasteiger partial charge < -0.3 is 15.5 Å². The minimum Gasteiger partial charge on any atom is -0.370 e. The van der Waals surface area contributed by atoms with Crippen molar-refractivity contribution in [2.45, 2.75) is 6.92 Å². The van der Waals surface area contributed by atoms with Crippen molar-refractivity contribution in [1.29, 1.82) is 0 Å². The van der Waals surface area contributed by atoms with Gasteiger partial charge in [0.2, 0.25) is 0 Å². The highest BCUT2D eigenvalue weighted by Gasteiger charge is 2.11. The van der Waals surface area contributed by atoms with Gasteiger partial charge in [0.1, 0.15) is 5.69 Å². The molecule has 1 heterocycles. The summed E-state index contributed by atoms with van der Waals surface area (Å²) in [7, 11) is 3.43. The Balaban J connectivity index is 2.95. The van der Waals surface area contributed by atoms with Crippen molar-refractivity contribution in [1.82, 2.24) is 9.88 Å². The topological polar surface area (TPSA) is 62.5 Å². The number of nitrogens with zero attached hydrogens (tertiary/aromatic N) is 3. The van der Waals surface area contributed by atoms with Crippen LogP contribution < -0.4 is 10.6 Å². The van der Waals surface area contributed by atoms with E-state index in [2.05, 4.69) is 16.8 Å². The summed E-state index contributed by atoms with van der Waals surface area (Å²) in [5.41, 5.74) is 7.00. The van der Waals surface area contributed by atoms with Crippen molar-refractivity contribution in [3.63, 3.8) is 0 Å². The number of carbonyl (C=O) groups excluding carboxylic acids is 1. The molecule has 0 aromatic carbocycles. The van der Waals surface area contributed by atoms with E-state index in [1.807, 2.05) is 12.1 Å². The summed E-state index contributed by atoms with van der Waals surface area (Å²) >= 11 is 0. The van der Waals surface area contributed by atoms with Crippen molar-refractivity contribution in [3.8, 4) is 0 Å². The monoisotopic (exact) mass is 236 g/mol. The average molecular weight is 236 g/mol. The van der Waals surface area contributed by atoms with Crippen LogP contribution in [0.25, 0.3) is 0 Å². The molecule has 5 heteroatoms. The zero-order chi connectivity index (χ0) is 12.8. The van der Waals surface area contributed by atoms with Crippen molar-refractivity contribution in [2.24, 2.45) is 5.73 Å². The second-order valence-electron chi connectivity index (χ2n) is 3.97. The zero-order valence-corrected chi connectivity index (χ0v) is 10.7. The van der Waals surface area contributed by atoms with Crippen LogP contribution >= 0.6 is 0 Å². The molecule has 0 fully saturated rings. The third-order valence-electron chi connectivity index (χ3n) is 2.51. The first-order valence-electron chi connectivity index (χ1n) is 5.72. The fourth-order valence-electron chi connectivity index (χ4n) is 1.59. The van der Waals surface area contributed by atoms with Crippen molar-refractivity contribution in [2.75, 3.05) is 38.6 Å². The van der Waals surface area contributed by atoms with Gasteiger partial charge in [0.05, 0.1) is 0 Å². The molecule has 94 valence electrons. The molecule has 0 saturated carbocycles. The van der Waals surface area contributed by atoms with Crippen LogP contribution in [0.2, 0.25) is 0 Å². The molecule has 1 rings (SSSR count). The number of hydrogen-bond donors (Lipinski definition) is 1. The maximum atomic E-state index is 11.8. The van der Waals surface area contributed by atoms with Crippen LogP contribution in [0.5, 0.6) is 0 Å². The van der Waals surface area contributed by atoms with Crippen molar-refractivity contribution < 1.29 is 4.79 Å². The fourth-order valence-corrected chi connectivity index (χ4v) is 1.59. The third-order valence-corrected chi connectivity index (χ3v) is 2.51. The van der Waals surface area contributed by atoms with Crippen LogP contribution in [0.3, 0.4) is 0 Å². The number of rotatable bonds is 5. The second-order valence-corrected chi connectivity index (χ2v) is 3.97. The molecule has 1 aromatic heterocycles. The van der Waals surface area contributed by atoms with Gasteiger partial charge in [0.25, 0.3) is 5.91 Å². The minimum atomic E-state index is -0.0874. The van der Waals surface area contributed by atoms with E-state index in [1.54, 1.807) is 20.3 Å². The van der Waals surface area contributed by atoms with Gasteiger partial charge in [0.15, 0.2) is 0 Å². The molecule has 0 unspecified atom stereocenters. The molecule has 0 atom stereocenters. The normalized spacial score (nSPS) is 10.1. The maximum Gasteiger partial charge on any atom is 0.272 e. The van der Waals surface area contributed by atoms with Crippen LogP contribution in [-0.2, 0) is 0 Å². The third kappa shape index (κ3) is 3.42. The Morgan fingerprint density at radius 2 is 2.18 bits per heavy atom. The van der Waals surface area contributed by atoms with E-state index in [0.29, 0.717) is 12.2 Å². The van der Waals surface area contributed by atoms with E-state index >= 15 is 0 Å². The summed E-state index contributed by atoms with van der Waals surface area (Å²) in [5.74, 6) is -0.0874. The van der Waals surface area contributed by atoms with Gasteiger partial charge in [-0.3, -0.25) is 9.78 Å². The van der Waals surface area contributed by atoms with Crippen LogP contribution in [0.1, 0.15) is 17.4 Å². The number of hydrogen-bond acceptors (Lipinski definition) is 4. The van der Waals surface area contributed by atoms with Crippen LogP contribution in [0.4, 0.5) is 5.69 Å². The molecule has 0 bridgehead atoms. The summed E-state index contributed by atoms with van der Waals surface area (Å²) in [4.78, 5) is 19.5. The first-order valence-corrected chi connectivity index (χ1v) is 5.72. The van der Waals surface area contributed by atoms with Gasteiger partial charge in [0, 0.05) is 45.6 Å². The molecule has 1 amide bonds. The Labute approximate surface area is 102 Å². The predicted molar refractivity (Wildman–Crippen MR) is 69.2 cm³/mol. The van der Waals surface area contributed by atoms with E-state index in [0.717, 1.165) is 18.8 Å². The number of likely N-dealkylation sites (N-methyl/N-ethyl adjacent to an activating group) is 1. The Morgan fingerprint density at radius 1 is 1.47 bits per heavy atom.